The van der Waals surface area contributed by atoms with Crippen molar-refractivity contribution in [2.75, 3.05) is 32.0 Å². The minimum atomic E-state index is -2.84. The van der Waals surface area contributed by atoms with Crippen LogP contribution in [0, 0.1) is 5.41 Å². The van der Waals surface area contributed by atoms with Gasteiger partial charge in [-0.1, -0.05) is 6.07 Å². The van der Waals surface area contributed by atoms with Gasteiger partial charge in [0.15, 0.2) is 0 Å². The van der Waals surface area contributed by atoms with Crippen LogP contribution in [0.15, 0.2) is 18.2 Å². The van der Waals surface area contributed by atoms with Crippen molar-refractivity contribution in [1.82, 2.24) is 15.5 Å². The van der Waals surface area contributed by atoms with Crippen molar-refractivity contribution in [2.24, 2.45) is 0 Å². The monoisotopic (exact) mass is 365 g/mol. The van der Waals surface area contributed by atoms with Crippen molar-refractivity contribution in [1.29, 1.82) is 5.41 Å². The van der Waals surface area contributed by atoms with Gasteiger partial charge < -0.3 is 10.6 Å². The van der Waals surface area contributed by atoms with Crippen LogP contribution in [0.25, 0.3) is 0 Å². The molecule has 140 valence electrons. The number of anilines is 1. The zero-order valence-corrected chi connectivity index (χ0v) is 14.4. The number of amidine groups is 1. The van der Waals surface area contributed by atoms with Crippen LogP contribution in [0.1, 0.15) is 29.9 Å². The lowest BCUT2D eigenvalue weighted by molar-refractivity contribution is -0.121. The lowest BCUT2D eigenvalue weighted by Gasteiger charge is -2.33. The molecule has 0 bridgehead atoms. The van der Waals surface area contributed by atoms with E-state index in [1.54, 1.807) is 25.2 Å². The van der Waals surface area contributed by atoms with Gasteiger partial charge in [0.05, 0.1) is 12.5 Å². The number of benzene rings is 1. The number of urea groups is 1. The first-order valence-corrected chi connectivity index (χ1v) is 8.44. The third-order valence-electron chi connectivity index (χ3n) is 4.77. The fourth-order valence-electron chi connectivity index (χ4n) is 3.36. The summed E-state index contributed by atoms with van der Waals surface area (Å²) in [6, 6.07) is 4.12. The fraction of sp³-hybridized carbons (Fsp3) is 0.471. The molecule has 7 nitrogen and oxygen atoms in total. The summed E-state index contributed by atoms with van der Waals surface area (Å²) in [5.74, 6) is -4.19. The Hall–Kier alpha value is -2.55. The summed E-state index contributed by atoms with van der Waals surface area (Å²) in [4.78, 5) is 24.4. The van der Waals surface area contributed by atoms with Gasteiger partial charge >= 0.3 is 6.03 Å². The smallest absolute Gasteiger partial charge is 0.329 e. The van der Waals surface area contributed by atoms with Crippen LogP contribution in [0.5, 0.6) is 0 Å². The summed E-state index contributed by atoms with van der Waals surface area (Å²) in [6.45, 7) is 0.279. The molecule has 1 atom stereocenters. The number of alkyl halides is 2. The van der Waals surface area contributed by atoms with E-state index >= 15 is 0 Å². The number of amides is 3. The van der Waals surface area contributed by atoms with Crippen LogP contribution in [-0.2, 0) is 4.79 Å². The van der Waals surface area contributed by atoms with Gasteiger partial charge in [0.1, 0.15) is 5.84 Å². The Balaban J connectivity index is 1.88. The second-order valence-corrected chi connectivity index (χ2v) is 6.44. The maximum atomic E-state index is 14.2. The lowest BCUT2D eigenvalue weighted by Crippen LogP contribution is -2.52. The highest BCUT2D eigenvalue weighted by molar-refractivity contribution is 6.12. The van der Waals surface area contributed by atoms with E-state index in [1.165, 1.54) is 0 Å². The second kappa shape index (κ2) is 6.99. The van der Waals surface area contributed by atoms with E-state index in [4.69, 9.17) is 5.41 Å². The molecule has 0 aromatic heterocycles. The molecule has 9 heteroatoms. The summed E-state index contributed by atoms with van der Waals surface area (Å²) < 4.78 is 28.4. The number of nitrogens with zero attached hydrogens (tertiary/aromatic N) is 1. The zero-order valence-electron chi connectivity index (χ0n) is 14.4. The number of piperidine rings is 1. The van der Waals surface area contributed by atoms with Gasteiger partial charge in [-0.15, -0.1) is 0 Å². The summed E-state index contributed by atoms with van der Waals surface area (Å²) in [6.07, 6.45) is 0.436. The van der Waals surface area contributed by atoms with Gasteiger partial charge in [0, 0.05) is 31.3 Å². The molecule has 1 aromatic rings. The highest BCUT2D eigenvalue weighted by Gasteiger charge is 2.42. The molecule has 4 N–H and O–H groups in total. The van der Waals surface area contributed by atoms with E-state index in [2.05, 4.69) is 16.0 Å². The lowest BCUT2D eigenvalue weighted by atomic mass is 9.86. The Morgan fingerprint density at radius 3 is 2.81 bits per heavy atom. The van der Waals surface area contributed by atoms with Gasteiger partial charge in [0.2, 0.25) is 5.91 Å². The molecule has 2 aliphatic heterocycles. The van der Waals surface area contributed by atoms with Gasteiger partial charge in [-0.05, 0) is 30.7 Å². The maximum Gasteiger partial charge on any atom is 0.329 e. The molecule has 0 saturated carbocycles. The van der Waals surface area contributed by atoms with Crippen LogP contribution < -0.4 is 16.0 Å². The summed E-state index contributed by atoms with van der Waals surface area (Å²) in [7, 11) is 1.64. The van der Waals surface area contributed by atoms with Gasteiger partial charge in [-0.25, -0.2) is 13.6 Å². The molecule has 0 radical (unpaired) electrons. The molecule has 3 amide bonds. The van der Waals surface area contributed by atoms with Gasteiger partial charge in [0.25, 0.3) is 5.92 Å². The van der Waals surface area contributed by atoms with Gasteiger partial charge in [-0.2, -0.15) is 0 Å². The van der Waals surface area contributed by atoms with Crippen LogP contribution in [-0.4, -0.2) is 55.3 Å². The van der Waals surface area contributed by atoms with E-state index < -0.39 is 17.9 Å². The molecule has 2 saturated heterocycles. The van der Waals surface area contributed by atoms with Crippen LogP contribution in [0.4, 0.5) is 19.3 Å². The number of halogens is 2. The molecular weight excluding hydrogens is 344 g/mol. The normalized spacial score (nSPS) is 22.7. The molecule has 26 heavy (non-hydrogen) atoms. The summed E-state index contributed by atoms with van der Waals surface area (Å²) in [5.41, 5.74) is 1.40. The number of hydrogen-bond acceptors (Lipinski definition) is 5. The molecule has 2 aliphatic rings. The van der Waals surface area contributed by atoms with Crippen molar-refractivity contribution < 1.29 is 18.4 Å². The van der Waals surface area contributed by atoms with Crippen molar-refractivity contribution in [3.05, 3.63) is 29.3 Å². The second-order valence-electron chi connectivity index (χ2n) is 6.44. The highest BCUT2D eigenvalue weighted by atomic mass is 19.3. The van der Waals surface area contributed by atoms with Crippen molar-refractivity contribution >= 4 is 23.5 Å². The first-order chi connectivity index (χ1) is 12.3. The highest BCUT2D eigenvalue weighted by Crippen LogP contribution is 2.39. The Morgan fingerprint density at radius 1 is 1.38 bits per heavy atom. The van der Waals surface area contributed by atoms with E-state index in [0.29, 0.717) is 29.8 Å². The summed E-state index contributed by atoms with van der Waals surface area (Å²) >= 11 is 0. The number of hydrogen-bond donors (Lipinski definition) is 4. The average Bonchev–Trinajstić information content (AvgIpc) is 2.60. The van der Waals surface area contributed by atoms with Crippen LogP contribution in [0.3, 0.4) is 0 Å². The molecule has 0 spiro atoms. The van der Waals surface area contributed by atoms with Crippen molar-refractivity contribution in [2.45, 2.75) is 24.7 Å². The Kier molecular flexibility index (Phi) is 4.90. The molecule has 1 unspecified atom stereocenters. The van der Waals surface area contributed by atoms with E-state index in [-0.39, 0.29) is 31.3 Å². The van der Waals surface area contributed by atoms with E-state index in [1.807, 2.05) is 0 Å². The maximum absolute atomic E-state index is 14.2. The Labute approximate surface area is 149 Å². The predicted molar refractivity (Wildman–Crippen MR) is 92.9 cm³/mol. The quantitative estimate of drug-likeness (QED) is 0.484. The third kappa shape index (κ3) is 3.39. The first-order valence-electron chi connectivity index (χ1n) is 8.44. The standard InChI is InChI=1S/C17H21F2N5O2/c1-21-13-8-10(12-4-6-22-9-17(12,18)19)2-3-11(13)15(20)24-7-5-14(25)23-16(24)26/h2-3,8,12,20-22H,4-7,9H2,1H3,(H,23,25,26). The summed E-state index contributed by atoms with van der Waals surface area (Å²) in [5, 5.41) is 16.1. The van der Waals surface area contributed by atoms with E-state index in [0.717, 1.165) is 4.90 Å². The predicted octanol–water partition coefficient (Wildman–Crippen LogP) is 1.71. The zero-order chi connectivity index (χ0) is 18.9. The van der Waals surface area contributed by atoms with Crippen LogP contribution >= 0.6 is 0 Å². The molecule has 2 heterocycles. The fourth-order valence-corrected chi connectivity index (χ4v) is 3.36. The minimum Gasteiger partial charge on any atom is -0.388 e. The van der Waals surface area contributed by atoms with Crippen molar-refractivity contribution in [3.8, 4) is 0 Å². The Bertz CT molecular complexity index is 753. The SMILES string of the molecule is CNc1cc(C2CCNCC2(F)F)ccc1C(=N)N1CCC(=O)NC1=O. The molecule has 1 aromatic carbocycles. The number of carbonyl (C=O) groups is 2. The van der Waals surface area contributed by atoms with Crippen molar-refractivity contribution in [3.63, 3.8) is 0 Å². The van der Waals surface area contributed by atoms with Crippen LogP contribution in [0.2, 0.25) is 0 Å². The number of carbonyl (C=O) groups excluding carboxylic acids is 2. The first kappa shape index (κ1) is 18.2. The minimum absolute atomic E-state index is 0.0806. The number of imide groups is 1. The largest absolute Gasteiger partial charge is 0.388 e. The topological polar surface area (TPSA) is 97.3 Å². The van der Waals surface area contributed by atoms with Gasteiger partial charge in [-0.3, -0.25) is 20.4 Å². The molecule has 0 aliphatic carbocycles. The van der Waals surface area contributed by atoms with E-state index in [9.17, 15) is 18.4 Å². The number of rotatable bonds is 3. The Morgan fingerprint density at radius 2 is 2.15 bits per heavy atom. The molecule has 3 rings (SSSR count). The molecular formula is C17H21F2N5O2. The average molecular weight is 365 g/mol. The number of nitrogens with one attached hydrogen (secondary N) is 4. The molecule has 2 fully saturated rings. The third-order valence-corrected chi connectivity index (χ3v) is 4.77.